The largest absolute Gasteiger partial charge is 0.497 e. The Morgan fingerprint density at radius 1 is 1.17 bits per heavy atom. The standard InChI is InChI=1S/C33H46F3N3O8S/c1-22-19-39(23(2)21-40)32(42)28-18-25(37-31(41)15-16-33(34,35)36)9-14-29(28)47-24(3)8-6-7-17-46-30(22)20-38(4)48(43,44)27-12-10-26(45-5)11-13-27/h9-14,18,22-24,30,40H,6-8,15-17,19-21H2,1-5H3,(H,37,41)/t22-,23-,24+,30-/m0/s1. The molecule has 2 aromatic rings. The molecule has 48 heavy (non-hydrogen) atoms. The maximum absolute atomic E-state index is 14.2. The van der Waals surface area contributed by atoms with Gasteiger partial charge in [0.05, 0.1) is 48.8 Å². The number of anilines is 1. The molecule has 0 aliphatic carbocycles. The van der Waals surface area contributed by atoms with Gasteiger partial charge in [-0.25, -0.2) is 8.42 Å². The highest BCUT2D eigenvalue weighted by atomic mass is 32.2. The number of likely N-dealkylation sites (N-methyl/N-ethyl adjacent to an activating group) is 1. The Balaban J connectivity index is 1.93. The molecule has 1 heterocycles. The van der Waals surface area contributed by atoms with Crippen LogP contribution in [-0.2, 0) is 19.6 Å². The zero-order valence-electron chi connectivity index (χ0n) is 28.0. The van der Waals surface area contributed by atoms with Crippen molar-refractivity contribution in [2.45, 2.75) is 82.2 Å². The Labute approximate surface area is 280 Å². The number of fused-ring (bicyclic) bond motifs is 1. The molecule has 2 aromatic carbocycles. The van der Waals surface area contributed by atoms with E-state index in [2.05, 4.69) is 5.32 Å². The van der Waals surface area contributed by atoms with E-state index in [0.717, 1.165) is 0 Å². The number of rotatable bonds is 10. The number of sulfonamides is 1. The Hall–Kier alpha value is -3.40. The number of carbonyl (C=O) groups is 2. The van der Waals surface area contributed by atoms with Crippen molar-refractivity contribution < 1.29 is 50.5 Å². The van der Waals surface area contributed by atoms with Gasteiger partial charge in [0, 0.05) is 44.8 Å². The maximum atomic E-state index is 14.2. The highest BCUT2D eigenvalue weighted by Crippen LogP contribution is 2.29. The van der Waals surface area contributed by atoms with Crippen molar-refractivity contribution in [1.29, 1.82) is 0 Å². The summed E-state index contributed by atoms with van der Waals surface area (Å²) in [6, 6.07) is 9.64. The lowest BCUT2D eigenvalue weighted by atomic mass is 10.0. The van der Waals surface area contributed by atoms with E-state index in [1.165, 1.54) is 53.7 Å². The second-order valence-electron chi connectivity index (χ2n) is 12.1. The van der Waals surface area contributed by atoms with Crippen LogP contribution in [0.25, 0.3) is 0 Å². The zero-order chi connectivity index (χ0) is 35.6. The molecule has 4 atom stereocenters. The molecule has 0 fully saturated rings. The van der Waals surface area contributed by atoms with Gasteiger partial charge in [0.1, 0.15) is 11.5 Å². The predicted molar refractivity (Wildman–Crippen MR) is 174 cm³/mol. The summed E-state index contributed by atoms with van der Waals surface area (Å²) in [5, 5.41) is 12.6. The Bertz CT molecular complexity index is 1470. The number of hydrogen-bond acceptors (Lipinski definition) is 8. The molecule has 0 aromatic heterocycles. The monoisotopic (exact) mass is 701 g/mol. The van der Waals surface area contributed by atoms with Crippen LogP contribution in [0.3, 0.4) is 0 Å². The SMILES string of the molecule is COc1ccc(S(=O)(=O)N(C)C[C@@H]2OCCCC[C@@H](C)Oc3ccc(NC(=O)CCC(F)(F)F)cc3C(=O)N([C@@H](C)CO)C[C@@H]2C)cc1. The number of alkyl halides is 3. The number of carbonyl (C=O) groups excluding carboxylic acids is 2. The van der Waals surface area contributed by atoms with Crippen molar-refractivity contribution in [1.82, 2.24) is 9.21 Å². The molecule has 0 saturated heterocycles. The number of aliphatic hydroxyl groups is 1. The minimum Gasteiger partial charge on any atom is -0.497 e. The summed E-state index contributed by atoms with van der Waals surface area (Å²) in [6.45, 7) is 5.30. The summed E-state index contributed by atoms with van der Waals surface area (Å²) >= 11 is 0. The van der Waals surface area contributed by atoms with E-state index in [9.17, 15) is 36.3 Å². The molecule has 0 saturated carbocycles. The second kappa shape index (κ2) is 17.3. The smallest absolute Gasteiger partial charge is 0.389 e. The summed E-state index contributed by atoms with van der Waals surface area (Å²) in [5.41, 5.74) is 0.166. The fourth-order valence-electron chi connectivity index (χ4n) is 5.22. The van der Waals surface area contributed by atoms with Gasteiger partial charge in [0.2, 0.25) is 15.9 Å². The van der Waals surface area contributed by atoms with Crippen molar-refractivity contribution in [2.24, 2.45) is 5.92 Å². The predicted octanol–water partition coefficient (Wildman–Crippen LogP) is 5.09. The van der Waals surface area contributed by atoms with Gasteiger partial charge in [-0.2, -0.15) is 17.5 Å². The number of ether oxygens (including phenoxy) is 3. The molecule has 1 aliphatic heterocycles. The van der Waals surface area contributed by atoms with E-state index in [4.69, 9.17) is 14.2 Å². The third-order valence-electron chi connectivity index (χ3n) is 8.18. The van der Waals surface area contributed by atoms with Crippen LogP contribution in [0.4, 0.5) is 18.9 Å². The van der Waals surface area contributed by atoms with E-state index < -0.39 is 65.5 Å². The first kappa shape index (κ1) is 39.0. The van der Waals surface area contributed by atoms with Gasteiger partial charge in [-0.3, -0.25) is 9.59 Å². The Morgan fingerprint density at radius 2 is 1.85 bits per heavy atom. The molecule has 1 aliphatic rings. The average molecular weight is 702 g/mol. The zero-order valence-corrected chi connectivity index (χ0v) is 28.8. The highest BCUT2D eigenvalue weighted by molar-refractivity contribution is 7.89. The lowest BCUT2D eigenvalue weighted by Gasteiger charge is -2.35. The summed E-state index contributed by atoms with van der Waals surface area (Å²) in [6.07, 6.45) is -5.55. The number of amides is 2. The van der Waals surface area contributed by atoms with Crippen LogP contribution < -0.4 is 14.8 Å². The number of halogens is 3. The number of nitrogens with zero attached hydrogens (tertiary/aromatic N) is 2. The molecule has 268 valence electrons. The topological polar surface area (TPSA) is 135 Å². The normalized spacial score (nSPS) is 20.8. The third kappa shape index (κ3) is 11.1. The summed E-state index contributed by atoms with van der Waals surface area (Å²) in [7, 11) is -0.960. The minimum atomic E-state index is -4.50. The summed E-state index contributed by atoms with van der Waals surface area (Å²) in [4.78, 5) is 28.0. The first-order chi connectivity index (χ1) is 22.5. The second-order valence-corrected chi connectivity index (χ2v) is 14.2. The van der Waals surface area contributed by atoms with Crippen LogP contribution in [0.2, 0.25) is 0 Å². The quantitative estimate of drug-likeness (QED) is 0.350. The van der Waals surface area contributed by atoms with Gasteiger partial charge >= 0.3 is 6.18 Å². The molecule has 0 radical (unpaired) electrons. The van der Waals surface area contributed by atoms with E-state index in [-0.39, 0.29) is 41.1 Å². The number of nitrogens with one attached hydrogen (secondary N) is 1. The highest BCUT2D eigenvalue weighted by Gasteiger charge is 2.33. The van der Waals surface area contributed by atoms with Crippen LogP contribution >= 0.6 is 0 Å². The van der Waals surface area contributed by atoms with Crippen molar-refractivity contribution in [3.8, 4) is 11.5 Å². The average Bonchev–Trinajstić information content (AvgIpc) is 3.04. The molecule has 11 nitrogen and oxygen atoms in total. The molecule has 2 N–H and O–H groups in total. The van der Waals surface area contributed by atoms with Gasteiger partial charge in [0.15, 0.2) is 0 Å². The molecular formula is C33H46F3N3O8S. The van der Waals surface area contributed by atoms with E-state index in [0.29, 0.717) is 31.6 Å². The number of aliphatic hydroxyl groups excluding tert-OH is 1. The molecule has 2 amide bonds. The third-order valence-corrected chi connectivity index (χ3v) is 10.0. The van der Waals surface area contributed by atoms with Gasteiger partial charge in [0.25, 0.3) is 5.91 Å². The lowest BCUT2D eigenvalue weighted by Crippen LogP contribution is -2.48. The Kier molecular flexibility index (Phi) is 14.1. The first-order valence-corrected chi connectivity index (χ1v) is 17.3. The first-order valence-electron chi connectivity index (χ1n) is 15.9. The molecule has 0 bridgehead atoms. The van der Waals surface area contributed by atoms with Crippen LogP contribution in [-0.4, -0.2) is 99.4 Å². The number of hydrogen-bond donors (Lipinski definition) is 2. The maximum Gasteiger partial charge on any atom is 0.389 e. The molecule has 15 heteroatoms. The minimum absolute atomic E-state index is 0.0186. The molecule has 3 rings (SSSR count). The van der Waals surface area contributed by atoms with Gasteiger partial charge in [-0.1, -0.05) is 6.92 Å². The van der Waals surface area contributed by atoms with Gasteiger partial charge < -0.3 is 29.5 Å². The van der Waals surface area contributed by atoms with Crippen LogP contribution in [0.1, 0.15) is 63.2 Å². The van der Waals surface area contributed by atoms with Crippen LogP contribution in [0.15, 0.2) is 47.4 Å². The van der Waals surface area contributed by atoms with Crippen molar-refractivity contribution >= 4 is 27.5 Å². The van der Waals surface area contributed by atoms with Crippen molar-refractivity contribution in [2.75, 3.05) is 45.8 Å². The molecule has 0 spiro atoms. The van der Waals surface area contributed by atoms with Gasteiger partial charge in [-0.15, -0.1) is 0 Å². The fourth-order valence-corrected chi connectivity index (χ4v) is 6.40. The van der Waals surface area contributed by atoms with Crippen molar-refractivity contribution in [3.05, 3.63) is 48.0 Å². The Morgan fingerprint density at radius 3 is 2.48 bits per heavy atom. The summed E-state index contributed by atoms with van der Waals surface area (Å²) < 4.78 is 83.6. The van der Waals surface area contributed by atoms with Crippen LogP contribution in [0.5, 0.6) is 11.5 Å². The number of methoxy groups -OCH3 is 1. The van der Waals surface area contributed by atoms with Crippen molar-refractivity contribution in [3.63, 3.8) is 0 Å². The van der Waals surface area contributed by atoms with E-state index >= 15 is 0 Å². The van der Waals surface area contributed by atoms with E-state index in [1.807, 2.05) is 13.8 Å². The number of benzene rings is 2. The van der Waals surface area contributed by atoms with Gasteiger partial charge in [-0.05, 0) is 75.6 Å². The molecule has 0 unspecified atom stereocenters. The van der Waals surface area contributed by atoms with E-state index in [1.54, 1.807) is 19.1 Å². The lowest BCUT2D eigenvalue weighted by molar-refractivity contribution is -0.142. The fraction of sp³-hybridized carbons (Fsp3) is 0.576. The summed E-state index contributed by atoms with van der Waals surface area (Å²) in [5.74, 6) is -1.10. The van der Waals surface area contributed by atoms with Crippen LogP contribution in [0, 0.1) is 5.92 Å². The molecular weight excluding hydrogens is 655 g/mol.